The molecule has 0 aliphatic carbocycles. The number of anilines is 1. The van der Waals surface area contributed by atoms with Crippen molar-refractivity contribution >= 4 is 86.8 Å². The average molecular weight is 590 g/mol. The van der Waals surface area contributed by atoms with Gasteiger partial charge < -0.3 is 10.4 Å². The molecule has 1 amide bonds. The number of rotatable bonds is 4. The van der Waals surface area contributed by atoms with Crippen molar-refractivity contribution in [1.29, 1.82) is 0 Å². The Morgan fingerprint density at radius 2 is 1.73 bits per heavy atom. The average Bonchev–Trinajstić information content (AvgIpc) is 2.53. The SMILES string of the molecule is O=C(Nc1ccc(C(=O)O)c(Cl)c1)c1cccc(S(=O)(=O)C(Br)(Br)Br)c1. The second-order valence-electron chi connectivity index (χ2n) is 4.93. The molecule has 0 unspecified atom stereocenters. The highest BCUT2D eigenvalue weighted by molar-refractivity contribution is 9.42. The molecule has 138 valence electrons. The van der Waals surface area contributed by atoms with Gasteiger partial charge in [-0.05, 0) is 84.2 Å². The summed E-state index contributed by atoms with van der Waals surface area (Å²) in [5.74, 6) is -1.76. The molecule has 11 heteroatoms. The number of hydrogen-bond donors (Lipinski definition) is 2. The lowest BCUT2D eigenvalue weighted by Crippen LogP contribution is -2.19. The van der Waals surface area contributed by atoms with Gasteiger partial charge in [-0.15, -0.1) is 0 Å². The predicted molar refractivity (Wildman–Crippen MR) is 110 cm³/mol. The third-order valence-electron chi connectivity index (χ3n) is 3.17. The summed E-state index contributed by atoms with van der Waals surface area (Å²) in [6, 6.07) is 9.38. The molecule has 0 saturated heterocycles. The molecular weight excluding hydrogens is 581 g/mol. The summed E-state index contributed by atoms with van der Waals surface area (Å²) in [6.07, 6.45) is 0. The van der Waals surface area contributed by atoms with E-state index in [1.54, 1.807) is 0 Å². The highest BCUT2D eigenvalue weighted by Crippen LogP contribution is 2.43. The highest BCUT2D eigenvalue weighted by atomic mass is 80.0. The van der Waals surface area contributed by atoms with E-state index < -0.39 is 23.2 Å². The van der Waals surface area contributed by atoms with Gasteiger partial charge in [-0.25, -0.2) is 13.2 Å². The molecule has 2 rings (SSSR count). The Labute approximate surface area is 179 Å². The third kappa shape index (κ3) is 4.66. The quantitative estimate of drug-likeness (QED) is 0.496. The Kier molecular flexibility index (Phi) is 6.55. The second-order valence-corrected chi connectivity index (χ2v) is 15.8. The number of nitrogens with one attached hydrogen (secondary N) is 1. The van der Waals surface area contributed by atoms with E-state index >= 15 is 0 Å². The first kappa shape index (κ1) is 21.4. The van der Waals surface area contributed by atoms with Gasteiger partial charge >= 0.3 is 5.97 Å². The van der Waals surface area contributed by atoms with Crippen molar-refractivity contribution in [2.45, 2.75) is 6.37 Å². The van der Waals surface area contributed by atoms with Crippen LogP contribution in [0.2, 0.25) is 5.02 Å². The van der Waals surface area contributed by atoms with Crippen molar-refractivity contribution in [3.63, 3.8) is 0 Å². The zero-order chi connectivity index (χ0) is 19.7. The Morgan fingerprint density at radius 3 is 2.27 bits per heavy atom. The Morgan fingerprint density at radius 1 is 1.08 bits per heavy atom. The van der Waals surface area contributed by atoms with Crippen LogP contribution in [0, 0.1) is 0 Å². The second kappa shape index (κ2) is 7.97. The van der Waals surface area contributed by atoms with E-state index in [1.807, 2.05) is 0 Å². The summed E-state index contributed by atoms with van der Waals surface area (Å²) in [5, 5.41) is 11.5. The molecule has 0 aliphatic heterocycles. The zero-order valence-electron chi connectivity index (χ0n) is 12.5. The predicted octanol–water partition coefficient (Wildman–Crippen LogP) is 4.86. The van der Waals surface area contributed by atoms with Crippen LogP contribution in [-0.2, 0) is 9.84 Å². The first-order chi connectivity index (χ1) is 11.9. The number of carboxylic acids is 1. The van der Waals surface area contributed by atoms with E-state index in [1.165, 1.54) is 42.5 Å². The van der Waals surface area contributed by atoms with Gasteiger partial charge in [0, 0.05) is 11.3 Å². The van der Waals surface area contributed by atoms with E-state index in [-0.39, 0.29) is 26.7 Å². The molecule has 26 heavy (non-hydrogen) atoms. The molecule has 0 aliphatic rings. The van der Waals surface area contributed by atoms with Crippen LogP contribution in [0.4, 0.5) is 5.69 Å². The number of amides is 1. The van der Waals surface area contributed by atoms with Gasteiger partial charge in [-0.3, -0.25) is 4.79 Å². The summed E-state index contributed by atoms with van der Waals surface area (Å²) < 4.78 is 23.2. The molecular formula is C15H9Br3ClNO5S. The van der Waals surface area contributed by atoms with Crippen LogP contribution in [0.5, 0.6) is 0 Å². The molecule has 6 nitrogen and oxygen atoms in total. The van der Waals surface area contributed by atoms with Crippen molar-refractivity contribution < 1.29 is 23.1 Å². The molecule has 2 N–H and O–H groups in total. The first-order valence-electron chi connectivity index (χ1n) is 6.69. The lowest BCUT2D eigenvalue weighted by Gasteiger charge is -2.14. The van der Waals surface area contributed by atoms with Crippen LogP contribution in [0.15, 0.2) is 47.4 Å². The van der Waals surface area contributed by atoms with Crippen LogP contribution in [-0.4, -0.2) is 26.9 Å². The smallest absolute Gasteiger partial charge is 0.337 e. The Bertz CT molecular complexity index is 989. The molecule has 2 aromatic carbocycles. The van der Waals surface area contributed by atoms with Crippen molar-refractivity contribution in [3.8, 4) is 0 Å². The van der Waals surface area contributed by atoms with E-state index in [2.05, 4.69) is 53.1 Å². The van der Waals surface area contributed by atoms with Gasteiger partial charge in [0.2, 0.25) is 11.3 Å². The van der Waals surface area contributed by atoms with Crippen LogP contribution in [0.1, 0.15) is 20.7 Å². The largest absolute Gasteiger partial charge is 0.478 e. The topological polar surface area (TPSA) is 101 Å². The summed E-state index contributed by atoms with van der Waals surface area (Å²) >= 11 is 14.7. The van der Waals surface area contributed by atoms with Crippen molar-refractivity contribution in [3.05, 3.63) is 58.6 Å². The number of hydrogen-bond acceptors (Lipinski definition) is 4. The third-order valence-corrected chi connectivity index (χ3v) is 8.80. The fourth-order valence-electron chi connectivity index (χ4n) is 1.91. The van der Waals surface area contributed by atoms with Gasteiger partial charge in [0.05, 0.1) is 15.5 Å². The lowest BCUT2D eigenvalue weighted by molar-refractivity contribution is 0.0697. The zero-order valence-corrected chi connectivity index (χ0v) is 18.9. The minimum Gasteiger partial charge on any atom is -0.478 e. The number of carbonyl (C=O) groups excluding carboxylic acids is 1. The molecule has 0 saturated carbocycles. The van der Waals surface area contributed by atoms with Crippen LogP contribution < -0.4 is 5.32 Å². The summed E-state index contributed by atoms with van der Waals surface area (Å²) in [7, 11) is -3.84. The summed E-state index contributed by atoms with van der Waals surface area (Å²) in [4.78, 5) is 23.2. The van der Waals surface area contributed by atoms with Crippen molar-refractivity contribution in [1.82, 2.24) is 0 Å². The van der Waals surface area contributed by atoms with Gasteiger partial charge in [0.15, 0.2) is 0 Å². The number of alkyl halides is 3. The van der Waals surface area contributed by atoms with E-state index in [0.29, 0.717) is 0 Å². The molecule has 0 spiro atoms. The molecule has 0 aromatic heterocycles. The molecule has 0 atom stereocenters. The Balaban J connectivity index is 2.30. The maximum atomic E-state index is 12.4. The summed E-state index contributed by atoms with van der Waals surface area (Å²) in [6.45, 7) is 0. The molecule has 0 heterocycles. The monoisotopic (exact) mass is 587 g/mol. The standard InChI is InChI=1S/C15H9Br3ClNO5S/c16-15(17,18)26(24,25)10-3-1-2-8(6-10)13(21)20-9-4-5-11(14(22)23)12(19)7-9/h1-7H,(H,20,21)(H,22,23). The first-order valence-corrected chi connectivity index (χ1v) is 10.9. The number of benzene rings is 2. The van der Waals surface area contributed by atoms with E-state index in [0.717, 1.165) is 0 Å². The molecule has 0 radical (unpaired) electrons. The van der Waals surface area contributed by atoms with Gasteiger partial charge in [-0.1, -0.05) is 17.7 Å². The van der Waals surface area contributed by atoms with Crippen LogP contribution in [0.25, 0.3) is 0 Å². The van der Waals surface area contributed by atoms with E-state index in [9.17, 15) is 18.0 Å². The number of carbonyl (C=O) groups is 2. The molecule has 0 fully saturated rings. The number of sulfone groups is 1. The highest BCUT2D eigenvalue weighted by Gasteiger charge is 2.37. The molecule has 0 bridgehead atoms. The number of halogens is 4. The van der Waals surface area contributed by atoms with Gasteiger partial charge in [0.25, 0.3) is 5.91 Å². The minimum atomic E-state index is -3.84. The maximum absolute atomic E-state index is 12.4. The fraction of sp³-hybridized carbons (Fsp3) is 0.0667. The maximum Gasteiger partial charge on any atom is 0.337 e. The van der Waals surface area contributed by atoms with Crippen LogP contribution in [0.3, 0.4) is 0 Å². The molecule has 2 aromatic rings. The summed E-state index contributed by atoms with van der Waals surface area (Å²) in [5.41, 5.74) is 0.274. The van der Waals surface area contributed by atoms with Gasteiger partial charge in [0.1, 0.15) is 0 Å². The van der Waals surface area contributed by atoms with Gasteiger partial charge in [-0.2, -0.15) is 0 Å². The fourth-order valence-corrected chi connectivity index (χ4v) is 4.66. The van der Waals surface area contributed by atoms with E-state index in [4.69, 9.17) is 16.7 Å². The Hall–Kier alpha value is -0.940. The van der Waals surface area contributed by atoms with Crippen LogP contribution >= 0.6 is 59.4 Å². The normalized spacial score (nSPS) is 11.8. The lowest BCUT2D eigenvalue weighted by atomic mass is 10.2. The van der Waals surface area contributed by atoms with Crippen molar-refractivity contribution in [2.75, 3.05) is 5.32 Å². The number of carboxylic acid groups (broad SMARTS) is 1. The van der Waals surface area contributed by atoms with Crippen molar-refractivity contribution in [2.24, 2.45) is 0 Å². The minimum absolute atomic E-state index is 0.0331. The number of aromatic carboxylic acids is 1.